The maximum Gasteiger partial charge on any atom is 0.303 e. The molecule has 0 fully saturated rings. The Balaban J connectivity index is 2.67. The number of aryl methyl sites for hydroxylation is 1. The van der Waals surface area contributed by atoms with Gasteiger partial charge in [0, 0.05) is 6.04 Å². The highest BCUT2D eigenvalue weighted by Crippen LogP contribution is 2.31. The summed E-state index contributed by atoms with van der Waals surface area (Å²) < 4.78 is 5.11. The molecule has 0 amide bonds. The highest BCUT2D eigenvalue weighted by Gasteiger charge is 2.31. The lowest BCUT2D eigenvalue weighted by Gasteiger charge is -2.32. The largest absolute Gasteiger partial charge is 0.497 e. The molecule has 1 aromatic carbocycles. The average Bonchev–Trinajstić information content (AvgIpc) is 2.36. The topological polar surface area (TPSA) is 72.5 Å². The van der Waals surface area contributed by atoms with Gasteiger partial charge in [-0.05, 0) is 42.9 Å². The predicted octanol–water partition coefficient (Wildman–Crippen LogP) is 2.46. The van der Waals surface area contributed by atoms with E-state index in [-0.39, 0.29) is 17.9 Å². The molecule has 0 saturated carbocycles. The number of methoxy groups -OCH3 is 1. The molecular formula is C15H23NO3. The van der Waals surface area contributed by atoms with Gasteiger partial charge in [0.25, 0.3) is 0 Å². The fraction of sp³-hybridized carbons (Fsp3) is 0.533. The van der Waals surface area contributed by atoms with Gasteiger partial charge in [-0.25, -0.2) is 0 Å². The minimum atomic E-state index is -0.797. The maximum atomic E-state index is 10.9. The molecule has 0 radical (unpaired) electrons. The van der Waals surface area contributed by atoms with Crippen molar-refractivity contribution in [1.82, 2.24) is 0 Å². The molecule has 0 bridgehead atoms. The van der Waals surface area contributed by atoms with Crippen molar-refractivity contribution in [2.45, 2.75) is 39.2 Å². The van der Waals surface area contributed by atoms with Crippen molar-refractivity contribution in [2.75, 3.05) is 7.11 Å². The third-order valence-electron chi connectivity index (χ3n) is 3.80. The van der Waals surface area contributed by atoms with E-state index in [4.69, 9.17) is 15.6 Å². The fourth-order valence-corrected chi connectivity index (χ4v) is 2.04. The van der Waals surface area contributed by atoms with Crippen LogP contribution in [0.5, 0.6) is 5.75 Å². The van der Waals surface area contributed by atoms with Gasteiger partial charge in [0.05, 0.1) is 13.5 Å². The summed E-state index contributed by atoms with van der Waals surface area (Å²) in [4.78, 5) is 10.9. The molecule has 4 nitrogen and oxygen atoms in total. The summed E-state index contributed by atoms with van der Waals surface area (Å²) in [6.07, 6.45) is 1.67. The molecule has 0 aromatic heterocycles. The second-order valence-electron chi connectivity index (χ2n) is 5.36. The van der Waals surface area contributed by atoms with Crippen molar-refractivity contribution in [3.8, 4) is 5.75 Å². The molecular weight excluding hydrogens is 242 g/mol. The summed E-state index contributed by atoms with van der Waals surface area (Å²) in [6.45, 7) is 3.81. The molecule has 0 saturated heterocycles. The highest BCUT2D eigenvalue weighted by atomic mass is 16.5. The van der Waals surface area contributed by atoms with E-state index in [9.17, 15) is 4.79 Å². The van der Waals surface area contributed by atoms with Crippen LogP contribution in [0.15, 0.2) is 24.3 Å². The van der Waals surface area contributed by atoms with Crippen LogP contribution in [0.1, 0.15) is 32.3 Å². The molecule has 0 spiro atoms. The Labute approximate surface area is 114 Å². The standard InChI is InChI=1S/C15H23NO3/c1-11(16)15(2,10-14(17)18)9-8-12-4-6-13(19-3)7-5-12/h4-7,11H,8-10,16H2,1-3H3,(H,17,18). The number of carboxylic acids is 1. The van der Waals surface area contributed by atoms with Crippen molar-refractivity contribution in [3.05, 3.63) is 29.8 Å². The first kappa shape index (κ1) is 15.5. The van der Waals surface area contributed by atoms with Gasteiger partial charge in [-0.2, -0.15) is 0 Å². The molecule has 0 aliphatic rings. The third kappa shape index (κ3) is 4.56. The number of nitrogens with two attached hydrogens (primary N) is 1. The molecule has 3 N–H and O–H groups in total. The van der Waals surface area contributed by atoms with Crippen LogP contribution in [0, 0.1) is 5.41 Å². The Morgan fingerprint density at radius 3 is 2.42 bits per heavy atom. The predicted molar refractivity (Wildman–Crippen MR) is 75.3 cm³/mol. The first-order valence-corrected chi connectivity index (χ1v) is 6.48. The van der Waals surface area contributed by atoms with E-state index in [1.807, 2.05) is 38.1 Å². The van der Waals surface area contributed by atoms with Gasteiger partial charge in [-0.1, -0.05) is 19.1 Å². The van der Waals surface area contributed by atoms with Crippen molar-refractivity contribution in [2.24, 2.45) is 11.1 Å². The Bertz CT molecular complexity index is 414. The second-order valence-corrected chi connectivity index (χ2v) is 5.36. The Kier molecular flexibility index (Phi) is 5.36. The van der Waals surface area contributed by atoms with Gasteiger partial charge >= 0.3 is 5.97 Å². The normalized spacial score (nSPS) is 15.6. The molecule has 2 atom stereocenters. The summed E-state index contributed by atoms with van der Waals surface area (Å²) in [7, 11) is 1.63. The number of carboxylic acid groups (broad SMARTS) is 1. The zero-order valence-electron chi connectivity index (χ0n) is 11.8. The van der Waals surface area contributed by atoms with Gasteiger partial charge in [0.1, 0.15) is 5.75 Å². The zero-order chi connectivity index (χ0) is 14.5. The Morgan fingerprint density at radius 1 is 1.42 bits per heavy atom. The monoisotopic (exact) mass is 265 g/mol. The second kappa shape index (κ2) is 6.57. The SMILES string of the molecule is COc1ccc(CCC(C)(CC(=O)O)C(C)N)cc1. The van der Waals surface area contributed by atoms with Crippen molar-refractivity contribution in [3.63, 3.8) is 0 Å². The zero-order valence-corrected chi connectivity index (χ0v) is 11.8. The number of ether oxygens (including phenoxy) is 1. The van der Waals surface area contributed by atoms with Crippen LogP contribution in [-0.4, -0.2) is 24.2 Å². The molecule has 1 aromatic rings. The number of hydrogen-bond donors (Lipinski definition) is 2. The van der Waals surface area contributed by atoms with E-state index in [1.165, 1.54) is 0 Å². The van der Waals surface area contributed by atoms with E-state index in [1.54, 1.807) is 7.11 Å². The van der Waals surface area contributed by atoms with E-state index in [0.29, 0.717) is 0 Å². The number of rotatable bonds is 7. The van der Waals surface area contributed by atoms with E-state index >= 15 is 0 Å². The van der Waals surface area contributed by atoms with Crippen LogP contribution in [0.3, 0.4) is 0 Å². The highest BCUT2D eigenvalue weighted by molar-refractivity contribution is 5.67. The van der Waals surface area contributed by atoms with Gasteiger partial charge in [-0.15, -0.1) is 0 Å². The summed E-state index contributed by atoms with van der Waals surface area (Å²) in [5.41, 5.74) is 6.73. The molecule has 106 valence electrons. The number of carbonyl (C=O) groups is 1. The van der Waals surface area contributed by atoms with Crippen LogP contribution in [0.2, 0.25) is 0 Å². The first-order valence-electron chi connectivity index (χ1n) is 6.48. The summed E-state index contributed by atoms with van der Waals surface area (Å²) in [5, 5.41) is 8.99. The van der Waals surface area contributed by atoms with Crippen LogP contribution in [0.4, 0.5) is 0 Å². The quantitative estimate of drug-likeness (QED) is 0.794. The number of benzene rings is 1. The molecule has 0 heterocycles. The molecule has 1 rings (SSSR count). The summed E-state index contributed by atoms with van der Waals surface area (Å²) in [6, 6.07) is 7.68. The lowest BCUT2D eigenvalue weighted by Crippen LogP contribution is -2.39. The van der Waals surface area contributed by atoms with Gasteiger partial charge in [0.2, 0.25) is 0 Å². The van der Waals surface area contributed by atoms with Crippen molar-refractivity contribution in [1.29, 1.82) is 0 Å². The van der Waals surface area contributed by atoms with Crippen LogP contribution >= 0.6 is 0 Å². The van der Waals surface area contributed by atoms with Gasteiger partial charge in [-0.3, -0.25) is 4.79 Å². The van der Waals surface area contributed by atoms with Crippen LogP contribution < -0.4 is 10.5 Å². The van der Waals surface area contributed by atoms with Crippen molar-refractivity contribution < 1.29 is 14.6 Å². The fourth-order valence-electron chi connectivity index (χ4n) is 2.04. The molecule has 0 aliphatic heterocycles. The number of aliphatic carboxylic acids is 1. The van der Waals surface area contributed by atoms with Crippen LogP contribution in [-0.2, 0) is 11.2 Å². The number of hydrogen-bond acceptors (Lipinski definition) is 3. The van der Waals surface area contributed by atoms with Gasteiger partial charge < -0.3 is 15.6 Å². The lowest BCUT2D eigenvalue weighted by molar-refractivity contribution is -0.140. The molecule has 0 aliphatic carbocycles. The van der Waals surface area contributed by atoms with Gasteiger partial charge in [0.15, 0.2) is 0 Å². The molecule has 4 heteroatoms. The maximum absolute atomic E-state index is 10.9. The van der Waals surface area contributed by atoms with Crippen molar-refractivity contribution >= 4 is 5.97 Å². The van der Waals surface area contributed by atoms with Crippen LogP contribution in [0.25, 0.3) is 0 Å². The third-order valence-corrected chi connectivity index (χ3v) is 3.80. The minimum absolute atomic E-state index is 0.0980. The Morgan fingerprint density at radius 2 is 2.00 bits per heavy atom. The summed E-state index contributed by atoms with van der Waals surface area (Å²) in [5.74, 6) is 0.0266. The first-order chi connectivity index (χ1) is 8.87. The lowest BCUT2D eigenvalue weighted by atomic mass is 9.76. The summed E-state index contributed by atoms with van der Waals surface area (Å²) >= 11 is 0. The van der Waals surface area contributed by atoms with E-state index < -0.39 is 5.97 Å². The Hall–Kier alpha value is -1.55. The average molecular weight is 265 g/mol. The smallest absolute Gasteiger partial charge is 0.303 e. The van der Waals surface area contributed by atoms with E-state index in [0.717, 1.165) is 24.2 Å². The van der Waals surface area contributed by atoms with E-state index in [2.05, 4.69) is 0 Å². The molecule has 2 unspecified atom stereocenters. The minimum Gasteiger partial charge on any atom is -0.497 e. The molecule has 19 heavy (non-hydrogen) atoms.